The minimum absolute atomic E-state index is 1.02. The minimum Gasteiger partial charge on any atom is -0.0810 e. The summed E-state index contributed by atoms with van der Waals surface area (Å²) in [6.45, 7) is 0. The molecule has 3 unspecified atom stereocenters. The Labute approximate surface area is 105 Å². The van der Waals surface area contributed by atoms with Crippen LogP contribution in [-0.2, 0) is 0 Å². The molecule has 4 rings (SSSR count). The van der Waals surface area contributed by atoms with E-state index in [1.807, 2.05) is 11.1 Å². The number of rotatable bonds is 0. The maximum absolute atomic E-state index is 2.56. The molecule has 2 saturated carbocycles. The van der Waals surface area contributed by atoms with E-state index in [4.69, 9.17) is 0 Å². The first-order chi connectivity index (χ1) is 8.43. The van der Waals surface area contributed by atoms with Crippen LogP contribution in [0, 0.1) is 17.8 Å². The van der Waals surface area contributed by atoms with Crippen molar-refractivity contribution in [2.24, 2.45) is 17.8 Å². The van der Waals surface area contributed by atoms with Crippen LogP contribution in [0.4, 0.5) is 0 Å². The number of fused-ring (bicyclic) bond motifs is 4. The molecule has 0 aromatic rings. The lowest BCUT2D eigenvalue weighted by molar-refractivity contribution is 0.219. The summed E-state index contributed by atoms with van der Waals surface area (Å²) in [6, 6.07) is 0. The molecule has 0 nitrogen and oxygen atoms in total. The molecule has 0 heterocycles. The summed E-state index contributed by atoms with van der Waals surface area (Å²) in [5, 5.41) is 0. The molecule has 4 aliphatic carbocycles. The number of hydrogen-bond donors (Lipinski definition) is 0. The lowest BCUT2D eigenvalue weighted by Crippen LogP contribution is -2.30. The van der Waals surface area contributed by atoms with E-state index < -0.39 is 0 Å². The van der Waals surface area contributed by atoms with Crippen LogP contribution < -0.4 is 0 Å². The molecule has 0 amide bonds. The van der Waals surface area contributed by atoms with Gasteiger partial charge < -0.3 is 0 Å². The molecular weight excluding hydrogens is 204 g/mol. The van der Waals surface area contributed by atoms with E-state index in [-0.39, 0.29) is 0 Å². The summed E-state index contributed by atoms with van der Waals surface area (Å²) < 4.78 is 0. The molecule has 0 N–H and O–H groups in total. The molecule has 0 spiro atoms. The average molecular weight is 228 g/mol. The minimum atomic E-state index is 1.02. The quantitative estimate of drug-likeness (QED) is 0.546. The second-order valence-corrected chi connectivity index (χ2v) is 6.66. The Hall–Kier alpha value is -0.520. The predicted octanol–water partition coefficient (Wildman–Crippen LogP) is 5.01. The van der Waals surface area contributed by atoms with Gasteiger partial charge in [-0.05, 0) is 80.3 Å². The molecule has 2 fully saturated rings. The van der Waals surface area contributed by atoms with Crippen LogP contribution in [0.15, 0.2) is 22.8 Å². The van der Waals surface area contributed by atoms with E-state index in [0.29, 0.717) is 0 Å². The molecule has 0 radical (unpaired) electrons. The van der Waals surface area contributed by atoms with Crippen molar-refractivity contribution in [2.75, 3.05) is 0 Å². The van der Waals surface area contributed by atoms with Gasteiger partial charge in [0.2, 0.25) is 0 Å². The van der Waals surface area contributed by atoms with Crippen molar-refractivity contribution in [1.29, 1.82) is 0 Å². The molecule has 4 aliphatic rings. The molecule has 0 heteroatoms. The van der Waals surface area contributed by atoms with Crippen molar-refractivity contribution in [1.82, 2.24) is 0 Å². The van der Waals surface area contributed by atoms with Crippen molar-refractivity contribution < 1.29 is 0 Å². The molecule has 17 heavy (non-hydrogen) atoms. The highest BCUT2D eigenvalue weighted by Crippen LogP contribution is 2.54. The van der Waals surface area contributed by atoms with Crippen molar-refractivity contribution >= 4 is 0 Å². The largest absolute Gasteiger partial charge is 0.0810 e. The normalized spacial score (nSPS) is 40.5. The lowest BCUT2D eigenvalue weighted by atomic mass is 9.63. The van der Waals surface area contributed by atoms with Gasteiger partial charge in [-0.2, -0.15) is 0 Å². The third kappa shape index (κ3) is 1.56. The SMILES string of the molecule is C1=C2CCC3C(=C2CCC1)CCC1CCCC13. The van der Waals surface area contributed by atoms with Gasteiger partial charge in [-0.25, -0.2) is 0 Å². The Morgan fingerprint density at radius 1 is 0.882 bits per heavy atom. The number of hydrogen-bond acceptors (Lipinski definition) is 0. The Morgan fingerprint density at radius 3 is 2.88 bits per heavy atom. The molecule has 0 aromatic carbocycles. The molecule has 0 bridgehead atoms. The molecule has 0 aromatic heterocycles. The number of allylic oxidation sites excluding steroid dienone is 4. The molecule has 0 aliphatic heterocycles. The van der Waals surface area contributed by atoms with Gasteiger partial charge in [0, 0.05) is 0 Å². The third-order valence-electron chi connectivity index (χ3n) is 5.99. The average Bonchev–Trinajstić information content (AvgIpc) is 2.86. The van der Waals surface area contributed by atoms with E-state index in [2.05, 4.69) is 6.08 Å². The second kappa shape index (κ2) is 4.00. The second-order valence-electron chi connectivity index (χ2n) is 6.66. The maximum Gasteiger partial charge on any atom is -0.0163 e. The fourth-order valence-corrected chi connectivity index (χ4v) is 5.27. The van der Waals surface area contributed by atoms with E-state index in [1.165, 1.54) is 51.4 Å². The van der Waals surface area contributed by atoms with Crippen LogP contribution in [0.5, 0.6) is 0 Å². The summed E-state index contributed by atoms with van der Waals surface area (Å²) in [7, 11) is 0. The topological polar surface area (TPSA) is 0 Å². The highest BCUT2D eigenvalue weighted by Gasteiger charge is 2.41. The van der Waals surface area contributed by atoms with Gasteiger partial charge in [-0.3, -0.25) is 0 Å². The maximum atomic E-state index is 2.56. The summed E-state index contributed by atoms with van der Waals surface area (Å²) in [4.78, 5) is 0. The van der Waals surface area contributed by atoms with Crippen LogP contribution in [0.1, 0.15) is 64.2 Å². The van der Waals surface area contributed by atoms with Crippen molar-refractivity contribution in [2.45, 2.75) is 64.2 Å². The van der Waals surface area contributed by atoms with Crippen molar-refractivity contribution in [3.05, 3.63) is 22.8 Å². The van der Waals surface area contributed by atoms with Gasteiger partial charge in [0.25, 0.3) is 0 Å². The molecule has 3 atom stereocenters. The van der Waals surface area contributed by atoms with Gasteiger partial charge in [0.05, 0.1) is 0 Å². The molecule has 92 valence electrons. The van der Waals surface area contributed by atoms with Gasteiger partial charge in [-0.15, -0.1) is 0 Å². The molecule has 0 saturated heterocycles. The lowest BCUT2D eigenvalue weighted by Gasteiger charge is -2.42. The fourth-order valence-electron chi connectivity index (χ4n) is 5.27. The van der Waals surface area contributed by atoms with E-state index in [0.717, 1.165) is 17.8 Å². The Kier molecular flexibility index (Phi) is 2.45. The van der Waals surface area contributed by atoms with Crippen LogP contribution in [0.3, 0.4) is 0 Å². The third-order valence-corrected chi connectivity index (χ3v) is 5.99. The van der Waals surface area contributed by atoms with Crippen LogP contribution >= 0.6 is 0 Å². The zero-order valence-electron chi connectivity index (χ0n) is 10.9. The summed E-state index contributed by atoms with van der Waals surface area (Å²) in [5.74, 6) is 3.22. The van der Waals surface area contributed by atoms with E-state index in [9.17, 15) is 0 Å². The highest BCUT2D eigenvalue weighted by molar-refractivity contribution is 5.42. The summed E-state index contributed by atoms with van der Waals surface area (Å²) >= 11 is 0. The van der Waals surface area contributed by atoms with Gasteiger partial charge in [0.1, 0.15) is 0 Å². The summed E-state index contributed by atoms with van der Waals surface area (Å²) in [5.41, 5.74) is 5.54. The summed E-state index contributed by atoms with van der Waals surface area (Å²) in [6.07, 6.45) is 17.2. The monoisotopic (exact) mass is 228 g/mol. The zero-order valence-corrected chi connectivity index (χ0v) is 10.9. The van der Waals surface area contributed by atoms with Crippen LogP contribution in [-0.4, -0.2) is 0 Å². The van der Waals surface area contributed by atoms with Gasteiger partial charge in [-0.1, -0.05) is 24.5 Å². The first kappa shape index (κ1) is 10.4. The zero-order chi connectivity index (χ0) is 11.2. The van der Waals surface area contributed by atoms with Crippen LogP contribution in [0.25, 0.3) is 0 Å². The van der Waals surface area contributed by atoms with Crippen LogP contribution in [0.2, 0.25) is 0 Å². The molecular formula is C17H24. The smallest absolute Gasteiger partial charge is 0.0163 e. The van der Waals surface area contributed by atoms with Gasteiger partial charge in [0.15, 0.2) is 0 Å². The van der Waals surface area contributed by atoms with Crippen molar-refractivity contribution in [3.63, 3.8) is 0 Å². The predicted molar refractivity (Wildman–Crippen MR) is 71.7 cm³/mol. The van der Waals surface area contributed by atoms with E-state index >= 15 is 0 Å². The van der Waals surface area contributed by atoms with Crippen molar-refractivity contribution in [3.8, 4) is 0 Å². The first-order valence-corrected chi connectivity index (χ1v) is 7.85. The fraction of sp³-hybridized carbons (Fsp3) is 0.765. The Bertz CT molecular complexity index is 385. The highest BCUT2D eigenvalue weighted by atomic mass is 14.5. The first-order valence-electron chi connectivity index (χ1n) is 7.85. The Balaban J connectivity index is 1.73. The standard InChI is InChI=1S/C17H24/c1-2-6-14-12(4-1)8-10-17-15-7-3-5-13(15)9-11-16(14)17/h4,13,15,17H,1-3,5-11H2. The Morgan fingerprint density at radius 2 is 1.88 bits per heavy atom. The van der Waals surface area contributed by atoms with Gasteiger partial charge >= 0.3 is 0 Å². The van der Waals surface area contributed by atoms with E-state index in [1.54, 1.807) is 18.4 Å².